The number of aliphatic carboxylic acids is 1. The number of carboxylic acids is 1. The monoisotopic (exact) mass is 229 g/mol. The van der Waals surface area contributed by atoms with Crippen LogP contribution in [0, 0.1) is 11.8 Å². The fourth-order valence-electron chi connectivity index (χ4n) is 2.28. The van der Waals surface area contributed by atoms with Crippen LogP contribution in [-0.2, 0) is 9.53 Å². The molecule has 1 fully saturated rings. The number of morpholine rings is 1. The van der Waals surface area contributed by atoms with Crippen LogP contribution in [0.15, 0.2) is 0 Å². The number of rotatable bonds is 6. The van der Waals surface area contributed by atoms with E-state index in [9.17, 15) is 4.79 Å². The maximum atomic E-state index is 10.8. The average molecular weight is 229 g/mol. The standard InChI is InChI=1S/C12H23NO3/c1-10(2)7-11(8-12(14)15)9-13-3-5-16-6-4-13/h10-11H,3-9H2,1-2H3,(H,14,15). The van der Waals surface area contributed by atoms with Gasteiger partial charge in [-0.1, -0.05) is 13.8 Å². The Kier molecular flexibility index (Phi) is 5.77. The minimum Gasteiger partial charge on any atom is -0.481 e. The number of hydrogen-bond acceptors (Lipinski definition) is 3. The first-order chi connectivity index (χ1) is 7.58. The molecule has 1 N–H and O–H groups in total. The van der Waals surface area contributed by atoms with Crippen molar-refractivity contribution in [1.82, 2.24) is 4.90 Å². The number of nitrogens with zero attached hydrogens (tertiary/aromatic N) is 1. The molecule has 4 nitrogen and oxygen atoms in total. The number of carboxylic acid groups (broad SMARTS) is 1. The minimum atomic E-state index is -0.682. The van der Waals surface area contributed by atoms with Crippen LogP contribution >= 0.6 is 0 Å². The maximum absolute atomic E-state index is 10.8. The largest absolute Gasteiger partial charge is 0.481 e. The molecule has 1 atom stereocenters. The van der Waals surface area contributed by atoms with Gasteiger partial charge in [0.1, 0.15) is 0 Å². The molecule has 0 aromatic carbocycles. The van der Waals surface area contributed by atoms with E-state index in [1.54, 1.807) is 0 Å². The first kappa shape index (κ1) is 13.5. The molecule has 0 saturated carbocycles. The predicted molar refractivity (Wildman–Crippen MR) is 62.5 cm³/mol. The van der Waals surface area contributed by atoms with E-state index in [1.807, 2.05) is 0 Å². The molecule has 0 aliphatic carbocycles. The Labute approximate surface area is 97.6 Å². The second kappa shape index (κ2) is 6.86. The van der Waals surface area contributed by atoms with Gasteiger partial charge in [0, 0.05) is 26.1 Å². The highest BCUT2D eigenvalue weighted by molar-refractivity contribution is 5.67. The molecule has 0 radical (unpaired) electrons. The molecule has 0 spiro atoms. The Morgan fingerprint density at radius 3 is 2.50 bits per heavy atom. The third kappa shape index (κ3) is 5.47. The number of hydrogen-bond donors (Lipinski definition) is 1. The molecule has 94 valence electrons. The van der Waals surface area contributed by atoms with Crippen molar-refractivity contribution < 1.29 is 14.6 Å². The molecule has 4 heteroatoms. The lowest BCUT2D eigenvalue weighted by atomic mass is 9.93. The lowest BCUT2D eigenvalue weighted by Crippen LogP contribution is -2.40. The van der Waals surface area contributed by atoms with Crippen LogP contribution in [0.3, 0.4) is 0 Å². The van der Waals surface area contributed by atoms with Gasteiger partial charge in [0.2, 0.25) is 0 Å². The van der Waals surface area contributed by atoms with Gasteiger partial charge in [-0.15, -0.1) is 0 Å². The highest BCUT2D eigenvalue weighted by Gasteiger charge is 2.19. The lowest BCUT2D eigenvalue weighted by molar-refractivity contribution is -0.138. The fourth-order valence-corrected chi connectivity index (χ4v) is 2.28. The van der Waals surface area contributed by atoms with Gasteiger partial charge < -0.3 is 9.84 Å². The Balaban J connectivity index is 2.37. The van der Waals surface area contributed by atoms with Crippen LogP contribution in [0.25, 0.3) is 0 Å². The molecule has 0 aromatic heterocycles. The molecule has 1 saturated heterocycles. The highest BCUT2D eigenvalue weighted by atomic mass is 16.5. The summed E-state index contributed by atoms with van der Waals surface area (Å²) in [5, 5.41) is 8.88. The van der Waals surface area contributed by atoms with Gasteiger partial charge >= 0.3 is 5.97 Å². The van der Waals surface area contributed by atoms with E-state index in [0.29, 0.717) is 5.92 Å². The summed E-state index contributed by atoms with van der Waals surface area (Å²) < 4.78 is 5.29. The summed E-state index contributed by atoms with van der Waals surface area (Å²) in [4.78, 5) is 13.1. The Morgan fingerprint density at radius 1 is 1.38 bits per heavy atom. The Morgan fingerprint density at radius 2 is 2.00 bits per heavy atom. The van der Waals surface area contributed by atoms with Crippen LogP contribution in [0.5, 0.6) is 0 Å². The van der Waals surface area contributed by atoms with Gasteiger partial charge in [-0.3, -0.25) is 9.69 Å². The van der Waals surface area contributed by atoms with Gasteiger partial charge in [0.05, 0.1) is 13.2 Å². The number of ether oxygens (including phenoxy) is 1. The van der Waals surface area contributed by atoms with Crippen molar-refractivity contribution in [1.29, 1.82) is 0 Å². The molecule has 0 aromatic rings. The quantitative estimate of drug-likeness (QED) is 0.749. The van der Waals surface area contributed by atoms with Crippen LogP contribution in [0.4, 0.5) is 0 Å². The highest BCUT2D eigenvalue weighted by Crippen LogP contribution is 2.17. The number of carbonyl (C=O) groups is 1. The average Bonchev–Trinajstić information content (AvgIpc) is 2.16. The van der Waals surface area contributed by atoms with Crippen molar-refractivity contribution in [2.24, 2.45) is 11.8 Å². The molecule has 16 heavy (non-hydrogen) atoms. The van der Waals surface area contributed by atoms with E-state index in [0.717, 1.165) is 39.3 Å². The van der Waals surface area contributed by atoms with Crippen LogP contribution in [-0.4, -0.2) is 48.8 Å². The Bertz CT molecular complexity index is 212. The van der Waals surface area contributed by atoms with Crippen LogP contribution < -0.4 is 0 Å². The summed E-state index contributed by atoms with van der Waals surface area (Å²) in [5.74, 6) is 0.153. The first-order valence-electron chi connectivity index (χ1n) is 6.10. The van der Waals surface area contributed by atoms with Crippen molar-refractivity contribution in [2.45, 2.75) is 26.7 Å². The van der Waals surface area contributed by atoms with E-state index >= 15 is 0 Å². The van der Waals surface area contributed by atoms with Crippen LogP contribution in [0.1, 0.15) is 26.7 Å². The topological polar surface area (TPSA) is 49.8 Å². The molecule has 0 bridgehead atoms. The summed E-state index contributed by atoms with van der Waals surface area (Å²) >= 11 is 0. The molecule has 1 rings (SSSR count). The lowest BCUT2D eigenvalue weighted by Gasteiger charge is -2.30. The Hall–Kier alpha value is -0.610. The van der Waals surface area contributed by atoms with Gasteiger partial charge in [-0.25, -0.2) is 0 Å². The van der Waals surface area contributed by atoms with Gasteiger partial charge in [-0.05, 0) is 18.3 Å². The van der Waals surface area contributed by atoms with E-state index < -0.39 is 5.97 Å². The van der Waals surface area contributed by atoms with E-state index in [4.69, 9.17) is 9.84 Å². The third-order valence-electron chi connectivity index (χ3n) is 2.89. The molecule has 0 amide bonds. The van der Waals surface area contributed by atoms with E-state index in [1.165, 1.54) is 0 Å². The van der Waals surface area contributed by atoms with E-state index in [-0.39, 0.29) is 12.3 Å². The molecule has 1 unspecified atom stereocenters. The van der Waals surface area contributed by atoms with Crippen molar-refractivity contribution in [3.8, 4) is 0 Å². The summed E-state index contributed by atoms with van der Waals surface area (Å²) in [6.07, 6.45) is 1.28. The third-order valence-corrected chi connectivity index (χ3v) is 2.89. The van der Waals surface area contributed by atoms with Crippen molar-refractivity contribution in [3.63, 3.8) is 0 Å². The fraction of sp³-hybridized carbons (Fsp3) is 0.917. The summed E-state index contributed by atoms with van der Waals surface area (Å²) in [6, 6.07) is 0. The second-order valence-electron chi connectivity index (χ2n) is 5.01. The van der Waals surface area contributed by atoms with Crippen LogP contribution in [0.2, 0.25) is 0 Å². The second-order valence-corrected chi connectivity index (χ2v) is 5.01. The summed E-state index contributed by atoms with van der Waals surface area (Å²) in [5.41, 5.74) is 0. The van der Waals surface area contributed by atoms with Gasteiger partial charge in [0.15, 0.2) is 0 Å². The zero-order valence-electron chi connectivity index (χ0n) is 10.3. The molecule has 1 aliphatic heterocycles. The van der Waals surface area contributed by atoms with Crippen molar-refractivity contribution in [2.75, 3.05) is 32.8 Å². The smallest absolute Gasteiger partial charge is 0.303 e. The molecule has 1 heterocycles. The maximum Gasteiger partial charge on any atom is 0.303 e. The van der Waals surface area contributed by atoms with Gasteiger partial charge in [0.25, 0.3) is 0 Å². The molecular formula is C12H23NO3. The zero-order chi connectivity index (χ0) is 12.0. The molecular weight excluding hydrogens is 206 g/mol. The predicted octanol–water partition coefficient (Wildman–Crippen LogP) is 1.46. The van der Waals surface area contributed by atoms with Crippen molar-refractivity contribution in [3.05, 3.63) is 0 Å². The summed E-state index contributed by atoms with van der Waals surface area (Å²) in [7, 11) is 0. The first-order valence-corrected chi connectivity index (χ1v) is 6.10. The van der Waals surface area contributed by atoms with Crippen molar-refractivity contribution >= 4 is 5.97 Å². The normalized spacial score (nSPS) is 19.9. The zero-order valence-corrected chi connectivity index (χ0v) is 10.3. The SMILES string of the molecule is CC(C)CC(CC(=O)O)CN1CCOCC1. The molecule has 1 aliphatic rings. The minimum absolute atomic E-state index is 0.274. The van der Waals surface area contributed by atoms with E-state index in [2.05, 4.69) is 18.7 Å². The summed E-state index contributed by atoms with van der Waals surface area (Å²) in [6.45, 7) is 8.63. The van der Waals surface area contributed by atoms with Gasteiger partial charge in [-0.2, -0.15) is 0 Å².